The van der Waals surface area contributed by atoms with Gasteiger partial charge in [-0.3, -0.25) is 14.0 Å². The lowest BCUT2D eigenvalue weighted by atomic mass is 10.0. The van der Waals surface area contributed by atoms with Crippen LogP contribution in [0.15, 0.2) is 66.9 Å². The second kappa shape index (κ2) is 8.62. The van der Waals surface area contributed by atoms with E-state index in [2.05, 4.69) is 15.5 Å². The molecule has 2 heterocycles. The van der Waals surface area contributed by atoms with Gasteiger partial charge in [0, 0.05) is 17.3 Å². The lowest BCUT2D eigenvalue weighted by Crippen LogP contribution is -2.29. The number of hydrogen-bond donors (Lipinski definition) is 3. The summed E-state index contributed by atoms with van der Waals surface area (Å²) in [6.45, 7) is -0.584. The lowest BCUT2D eigenvalue weighted by molar-refractivity contribution is -0.135. The molecule has 0 bridgehead atoms. The summed E-state index contributed by atoms with van der Waals surface area (Å²) in [7, 11) is 0. The second-order valence-corrected chi connectivity index (χ2v) is 6.29. The van der Waals surface area contributed by atoms with Crippen molar-refractivity contribution in [3.05, 3.63) is 72.4 Å². The number of amides is 1. The summed E-state index contributed by atoms with van der Waals surface area (Å²) in [6, 6.07) is 18.4. The Kier molecular flexibility index (Phi) is 5.98. The Morgan fingerprint density at radius 3 is 2.13 bits per heavy atom. The molecule has 0 unspecified atom stereocenters. The van der Waals surface area contributed by atoms with Gasteiger partial charge in [0.2, 0.25) is 0 Å². The zero-order valence-electron chi connectivity index (χ0n) is 15.5. The van der Waals surface area contributed by atoms with Crippen LogP contribution in [0.5, 0.6) is 5.75 Å². The molecule has 0 aliphatic heterocycles. The molecule has 30 heavy (non-hydrogen) atoms. The van der Waals surface area contributed by atoms with Crippen LogP contribution in [-0.4, -0.2) is 43.2 Å². The van der Waals surface area contributed by atoms with Gasteiger partial charge in [-0.25, -0.2) is 0 Å². The van der Waals surface area contributed by atoms with E-state index in [-0.39, 0.29) is 29.4 Å². The van der Waals surface area contributed by atoms with Crippen LogP contribution in [0.3, 0.4) is 0 Å². The maximum atomic E-state index is 12.7. The van der Waals surface area contributed by atoms with E-state index >= 15 is 0 Å². The summed E-state index contributed by atoms with van der Waals surface area (Å²) in [5.74, 6) is -1.75. The number of benzene rings is 2. The maximum Gasteiger partial charge on any atom is 0.322 e. The van der Waals surface area contributed by atoms with Crippen LogP contribution < -0.4 is 5.32 Å². The molecule has 4 aromatic rings. The fourth-order valence-electron chi connectivity index (χ4n) is 3.08. The number of pyridine rings is 1. The predicted octanol–water partition coefficient (Wildman–Crippen LogP) is 3.01. The minimum atomic E-state index is -1.19. The molecular formula is C21H17ClN4O4. The van der Waals surface area contributed by atoms with Gasteiger partial charge in [0.25, 0.3) is 5.91 Å². The van der Waals surface area contributed by atoms with Gasteiger partial charge in [-0.1, -0.05) is 60.7 Å². The van der Waals surface area contributed by atoms with Gasteiger partial charge in [-0.2, -0.15) is 0 Å². The fraction of sp³-hybridized carbons (Fsp3) is 0.0476. The van der Waals surface area contributed by atoms with Gasteiger partial charge < -0.3 is 15.5 Å². The molecule has 0 spiro atoms. The number of aromatic hydroxyl groups is 1. The van der Waals surface area contributed by atoms with E-state index in [1.54, 1.807) is 22.7 Å². The highest BCUT2D eigenvalue weighted by molar-refractivity contribution is 6.05. The molecule has 3 N–H and O–H groups in total. The molecule has 2 aromatic carbocycles. The second-order valence-electron chi connectivity index (χ2n) is 6.29. The van der Waals surface area contributed by atoms with Crippen LogP contribution in [0.2, 0.25) is 0 Å². The number of fused-ring (bicyclic) bond motifs is 1. The van der Waals surface area contributed by atoms with Crippen LogP contribution >= 0.6 is 12.4 Å². The number of hydrogen-bond acceptors (Lipinski definition) is 5. The molecule has 2 aromatic heterocycles. The molecule has 0 saturated heterocycles. The summed E-state index contributed by atoms with van der Waals surface area (Å²) in [5, 5.41) is 30.3. The van der Waals surface area contributed by atoms with E-state index in [4.69, 9.17) is 5.11 Å². The summed E-state index contributed by atoms with van der Waals surface area (Å²) in [4.78, 5) is 23.5. The van der Waals surface area contributed by atoms with Gasteiger partial charge in [0.05, 0.1) is 0 Å². The number of halogens is 1. The highest BCUT2D eigenvalue weighted by atomic mass is 35.5. The van der Waals surface area contributed by atoms with E-state index in [1.165, 1.54) is 0 Å². The zero-order chi connectivity index (χ0) is 20.4. The lowest BCUT2D eigenvalue weighted by Gasteiger charge is -2.12. The molecule has 9 heteroatoms. The molecule has 0 saturated carbocycles. The number of aromatic nitrogens is 3. The number of carboxylic acids is 1. The Morgan fingerprint density at radius 1 is 0.933 bits per heavy atom. The predicted molar refractivity (Wildman–Crippen MR) is 113 cm³/mol. The highest BCUT2D eigenvalue weighted by Crippen LogP contribution is 2.35. The molecular weight excluding hydrogens is 408 g/mol. The van der Waals surface area contributed by atoms with E-state index in [0.29, 0.717) is 17.0 Å². The van der Waals surface area contributed by atoms with Gasteiger partial charge >= 0.3 is 5.97 Å². The third-order valence-corrected chi connectivity index (χ3v) is 4.41. The first-order chi connectivity index (χ1) is 14.1. The Bertz CT molecular complexity index is 1210. The number of carbonyl (C=O) groups is 2. The van der Waals surface area contributed by atoms with Gasteiger partial charge in [-0.05, 0) is 5.56 Å². The summed E-state index contributed by atoms with van der Waals surface area (Å²) in [5.41, 5.74) is 1.86. The van der Waals surface area contributed by atoms with Crippen molar-refractivity contribution in [3.63, 3.8) is 0 Å². The van der Waals surface area contributed by atoms with Crippen molar-refractivity contribution < 1.29 is 19.8 Å². The molecule has 152 valence electrons. The van der Waals surface area contributed by atoms with Crippen LogP contribution in [-0.2, 0) is 4.79 Å². The number of carboxylic acid groups (broad SMARTS) is 1. The van der Waals surface area contributed by atoms with Crippen LogP contribution in [0, 0.1) is 0 Å². The molecule has 0 atom stereocenters. The number of rotatable bonds is 5. The van der Waals surface area contributed by atoms with Gasteiger partial charge in [0.15, 0.2) is 11.5 Å². The molecule has 4 rings (SSSR count). The van der Waals surface area contributed by atoms with Crippen molar-refractivity contribution in [1.82, 2.24) is 19.9 Å². The van der Waals surface area contributed by atoms with Crippen LogP contribution in [0.25, 0.3) is 28.2 Å². The van der Waals surface area contributed by atoms with Crippen molar-refractivity contribution in [2.45, 2.75) is 0 Å². The average Bonchev–Trinajstić information content (AvgIpc) is 3.16. The molecule has 0 fully saturated rings. The van der Waals surface area contributed by atoms with Crippen molar-refractivity contribution >= 4 is 29.9 Å². The first-order valence-electron chi connectivity index (χ1n) is 8.78. The quantitative estimate of drug-likeness (QED) is 0.453. The maximum absolute atomic E-state index is 12.7. The van der Waals surface area contributed by atoms with Crippen molar-refractivity contribution in [2.75, 3.05) is 6.54 Å². The minimum Gasteiger partial charge on any atom is -0.506 e. The van der Waals surface area contributed by atoms with E-state index in [0.717, 1.165) is 5.56 Å². The number of nitrogens with one attached hydrogen (secondary N) is 1. The number of nitrogens with zero attached hydrogens (tertiary/aromatic N) is 3. The SMILES string of the molecule is Cl.O=C(O)CNC(=O)c1c(O)c(-c2ccccc2)cn2c(-c3ccccc3)nnc12. The zero-order valence-corrected chi connectivity index (χ0v) is 16.3. The normalized spacial score (nSPS) is 10.4. The molecule has 0 radical (unpaired) electrons. The molecule has 0 aliphatic carbocycles. The summed E-state index contributed by atoms with van der Waals surface area (Å²) < 4.78 is 1.62. The summed E-state index contributed by atoms with van der Waals surface area (Å²) >= 11 is 0. The molecule has 8 nitrogen and oxygen atoms in total. The largest absolute Gasteiger partial charge is 0.506 e. The Morgan fingerprint density at radius 2 is 1.53 bits per heavy atom. The minimum absolute atomic E-state index is 0. The first kappa shape index (κ1) is 20.8. The number of carbonyl (C=O) groups excluding carboxylic acids is 1. The third-order valence-electron chi connectivity index (χ3n) is 4.41. The van der Waals surface area contributed by atoms with E-state index in [1.807, 2.05) is 48.5 Å². The average molecular weight is 425 g/mol. The van der Waals surface area contributed by atoms with Gasteiger partial charge in [0.1, 0.15) is 17.9 Å². The monoisotopic (exact) mass is 424 g/mol. The Balaban J connectivity index is 0.00000256. The van der Waals surface area contributed by atoms with Crippen molar-refractivity contribution in [3.8, 4) is 28.3 Å². The smallest absolute Gasteiger partial charge is 0.322 e. The van der Waals surface area contributed by atoms with Crippen LogP contribution in [0.1, 0.15) is 10.4 Å². The molecule has 0 aliphatic rings. The van der Waals surface area contributed by atoms with Crippen molar-refractivity contribution in [2.24, 2.45) is 0 Å². The summed E-state index contributed by atoms with van der Waals surface area (Å²) in [6.07, 6.45) is 1.66. The van der Waals surface area contributed by atoms with Gasteiger partial charge in [-0.15, -0.1) is 22.6 Å². The fourth-order valence-corrected chi connectivity index (χ4v) is 3.08. The number of aliphatic carboxylic acids is 1. The standard InChI is InChI=1S/C21H16N4O4.ClH/c26-16(27)11-22-21(29)17-18(28)15(13-7-3-1-4-8-13)12-25-19(23-24-20(17)25)14-9-5-2-6-10-14;/h1-10,12,28H,11H2,(H,22,29)(H,26,27);1H. The Hall–Kier alpha value is -3.91. The highest BCUT2D eigenvalue weighted by Gasteiger charge is 2.24. The van der Waals surface area contributed by atoms with E-state index < -0.39 is 18.4 Å². The van der Waals surface area contributed by atoms with E-state index in [9.17, 15) is 14.7 Å². The Labute approximate surface area is 177 Å². The first-order valence-corrected chi connectivity index (χ1v) is 8.78. The van der Waals surface area contributed by atoms with Crippen molar-refractivity contribution in [1.29, 1.82) is 0 Å². The third kappa shape index (κ3) is 3.81. The molecule has 1 amide bonds. The van der Waals surface area contributed by atoms with Crippen LogP contribution in [0.4, 0.5) is 0 Å². The topological polar surface area (TPSA) is 117 Å².